The summed E-state index contributed by atoms with van der Waals surface area (Å²) in [7, 11) is 0. The Morgan fingerprint density at radius 3 is 2.57 bits per heavy atom. The first-order valence-electron chi connectivity index (χ1n) is 10.0. The maximum Gasteiger partial charge on any atom is 0.242 e. The molecule has 0 unspecified atom stereocenters. The molecule has 2 aromatic rings. The van der Waals surface area contributed by atoms with E-state index >= 15 is 0 Å². The van der Waals surface area contributed by atoms with Gasteiger partial charge in [-0.05, 0) is 24.3 Å². The largest absolute Gasteiger partial charge is 0.491 e. The number of para-hydroxylation sites is 2. The Hall–Kier alpha value is -2.22. The lowest BCUT2D eigenvalue weighted by Crippen LogP contribution is -2.52. The van der Waals surface area contributed by atoms with E-state index in [-0.39, 0.29) is 18.4 Å². The first-order chi connectivity index (χ1) is 14.6. The summed E-state index contributed by atoms with van der Waals surface area (Å²) in [5.41, 5.74) is 0.836. The summed E-state index contributed by atoms with van der Waals surface area (Å²) in [6.45, 7) is 4.33. The molecule has 2 heterocycles. The number of fused-ring (bicyclic) bond motifs is 1. The van der Waals surface area contributed by atoms with Gasteiger partial charge in [0.2, 0.25) is 11.8 Å². The second kappa shape index (κ2) is 9.73. The van der Waals surface area contributed by atoms with Crippen LogP contribution in [0, 0.1) is 0 Å². The minimum atomic E-state index is -0.0117. The number of benzene rings is 2. The van der Waals surface area contributed by atoms with E-state index in [0.717, 1.165) is 30.2 Å². The van der Waals surface area contributed by atoms with Gasteiger partial charge in [-0.1, -0.05) is 35.9 Å². The fraction of sp³-hybridized carbons (Fsp3) is 0.364. The number of rotatable bonds is 6. The van der Waals surface area contributed by atoms with Crippen LogP contribution in [0.15, 0.2) is 53.4 Å². The summed E-state index contributed by atoms with van der Waals surface area (Å²) in [6, 6.07) is 15.2. The summed E-state index contributed by atoms with van der Waals surface area (Å²) in [6.07, 6.45) is 0. The number of anilines is 1. The number of carbonyl (C=O) groups excluding carboxylic acids is 2. The third-order valence-electron chi connectivity index (χ3n) is 5.33. The Morgan fingerprint density at radius 1 is 1.03 bits per heavy atom. The number of amides is 2. The van der Waals surface area contributed by atoms with Gasteiger partial charge >= 0.3 is 0 Å². The molecule has 8 heteroatoms. The minimum absolute atomic E-state index is 0.00276. The van der Waals surface area contributed by atoms with Crippen molar-refractivity contribution in [2.75, 3.05) is 56.5 Å². The first kappa shape index (κ1) is 21.0. The average molecular weight is 446 g/mol. The number of hydrogen-bond acceptors (Lipinski definition) is 5. The summed E-state index contributed by atoms with van der Waals surface area (Å²) >= 11 is 7.64. The van der Waals surface area contributed by atoms with Gasteiger partial charge in [-0.2, -0.15) is 0 Å². The topological polar surface area (TPSA) is 53.1 Å². The van der Waals surface area contributed by atoms with Crippen LogP contribution in [0.1, 0.15) is 0 Å². The second-order valence-electron chi connectivity index (χ2n) is 7.24. The van der Waals surface area contributed by atoms with Gasteiger partial charge in [0.1, 0.15) is 18.9 Å². The number of halogens is 1. The van der Waals surface area contributed by atoms with Crippen molar-refractivity contribution in [2.24, 2.45) is 0 Å². The van der Waals surface area contributed by atoms with Crippen molar-refractivity contribution in [3.8, 4) is 5.75 Å². The van der Waals surface area contributed by atoms with E-state index in [1.54, 1.807) is 4.90 Å². The maximum atomic E-state index is 12.8. The third kappa shape index (κ3) is 4.91. The molecule has 4 rings (SSSR count). The van der Waals surface area contributed by atoms with Crippen LogP contribution in [0.5, 0.6) is 5.75 Å². The highest BCUT2D eigenvalue weighted by Crippen LogP contribution is 2.34. The van der Waals surface area contributed by atoms with Gasteiger partial charge in [-0.15, -0.1) is 11.8 Å². The molecule has 6 nitrogen and oxygen atoms in total. The van der Waals surface area contributed by atoms with Crippen LogP contribution in [0.3, 0.4) is 0 Å². The Balaban J connectivity index is 1.25. The lowest BCUT2D eigenvalue weighted by molar-refractivity contribution is -0.132. The highest BCUT2D eigenvalue weighted by Gasteiger charge is 2.29. The van der Waals surface area contributed by atoms with Crippen molar-refractivity contribution in [2.45, 2.75) is 4.90 Å². The Kier molecular flexibility index (Phi) is 6.82. The SMILES string of the molecule is O=C(CN1C(=O)CSc2ccccc21)N1CCN(CCOc2ccccc2Cl)CC1. The van der Waals surface area contributed by atoms with Crippen LogP contribution in [-0.2, 0) is 9.59 Å². The molecule has 0 atom stereocenters. The van der Waals surface area contributed by atoms with Crippen LogP contribution >= 0.6 is 23.4 Å². The van der Waals surface area contributed by atoms with Crippen LogP contribution < -0.4 is 9.64 Å². The Morgan fingerprint density at radius 2 is 1.77 bits per heavy atom. The number of piperazine rings is 1. The Labute approximate surface area is 185 Å². The normalized spacial score (nSPS) is 17.0. The van der Waals surface area contributed by atoms with Gasteiger partial charge in [0.15, 0.2) is 0 Å². The zero-order valence-electron chi connectivity index (χ0n) is 16.6. The van der Waals surface area contributed by atoms with Gasteiger partial charge in [-0.3, -0.25) is 14.5 Å². The number of nitrogens with zero attached hydrogens (tertiary/aromatic N) is 3. The van der Waals surface area contributed by atoms with Crippen LogP contribution in [0.25, 0.3) is 0 Å². The molecule has 0 spiro atoms. The summed E-state index contributed by atoms with van der Waals surface area (Å²) in [5.74, 6) is 1.06. The quantitative estimate of drug-likeness (QED) is 0.684. The number of carbonyl (C=O) groups is 2. The van der Waals surface area contributed by atoms with Crippen LogP contribution in [0.4, 0.5) is 5.69 Å². The van der Waals surface area contributed by atoms with E-state index in [2.05, 4.69) is 4.90 Å². The molecule has 1 fully saturated rings. The molecule has 2 aromatic carbocycles. The van der Waals surface area contributed by atoms with Gasteiger partial charge < -0.3 is 14.5 Å². The number of hydrogen-bond donors (Lipinski definition) is 0. The van der Waals surface area contributed by atoms with Crippen molar-refractivity contribution in [1.29, 1.82) is 0 Å². The fourth-order valence-electron chi connectivity index (χ4n) is 3.63. The fourth-order valence-corrected chi connectivity index (χ4v) is 4.76. The van der Waals surface area contributed by atoms with Crippen molar-refractivity contribution in [3.63, 3.8) is 0 Å². The van der Waals surface area contributed by atoms with Gasteiger partial charge in [0, 0.05) is 37.6 Å². The first-order valence-corrected chi connectivity index (χ1v) is 11.4. The van der Waals surface area contributed by atoms with E-state index in [9.17, 15) is 9.59 Å². The molecule has 1 saturated heterocycles. The molecule has 0 N–H and O–H groups in total. The highest BCUT2D eigenvalue weighted by atomic mass is 35.5. The standard InChI is InChI=1S/C22H24ClN3O3S/c23-17-5-1-3-7-19(17)29-14-13-24-9-11-25(12-10-24)21(27)15-26-18-6-2-4-8-20(18)30-16-22(26)28/h1-8H,9-16H2. The van der Waals surface area contributed by atoms with E-state index in [0.29, 0.717) is 36.2 Å². The minimum Gasteiger partial charge on any atom is -0.491 e. The molecule has 30 heavy (non-hydrogen) atoms. The lowest BCUT2D eigenvalue weighted by Gasteiger charge is -2.36. The molecule has 0 radical (unpaired) electrons. The lowest BCUT2D eigenvalue weighted by atomic mass is 10.2. The molecule has 0 aliphatic carbocycles. The van der Waals surface area contributed by atoms with Crippen molar-refractivity contribution < 1.29 is 14.3 Å². The monoisotopic (exact) mass is 445 g/mol. The van der Waals surface area contributed by atoms with E-state index in [1.807, 2.05) is 53.4 Å². The predicted octanol–water partition coefficient (Wildman–Crippen LogP) is 3.00. The molecular formula is C22H24ClN3O3S. The van der Waals surface area contributed by atoms with Crippen LogP contribution in [0.2, 0.25) is 5.02 Å². The summed E-state index contributed by atoms with van der Waals surface area (Å²) in [5, 5.41) is 0.611. The van der Waals surface area contributed by atoms with E-state index in [4.69, 9.17) is 16.3 Å². The molecule has 0 aromatic heterocycles. The number of ether oxygens (including phenoxy) is 1. The molecule has 158 valence electrons. The molecule has 2 aliphatic heterocycles. The highest BCUT2D eigenvalue weighted by molar-refractivity contribution is 8.00. The van der Waals surface area contributed by atoms with Gasteiger partial charge in [-0.25, -0.2) is 0 Å². The maximum absolute atomic E-state index is 12.8. The van der Waals surface area contributed by atoms with Crippen molar-refractivity contribution in [1.82, 2.24) is 9.80 Å². The predicted molar refractivity (Wildman–Crippen MR) is 119 cm³/mol. The molecule has 0 bridgehead atoms. The van der Waals surface area contributed by atoms with E-state index < -0.39 is 0 Å². The van der Waals surface area contributed by atoms with Crippen LogP contribution in [-0.4, -0.2) is 73.2 Å². The molecule has 0 saturated carbocycles. The number of thioether (sulfide) groups is 1. The van der Waals surface area contributed by atoms with Crippen molar-refractivity contribution in [3.05, 3.63) is 53.6 Å². The summed E-state index contributed by atoms with van der Waals surface area (Å²) < 4.78 is 5.76. The molecule has 2 amide bonds. The van der Waals surface area contributed by atoms with E-state index in [1.165, 1.54) is 11.8 Å². The van der Waals surface area contributed by atoms with Crippen molar-refractivity contribution >= 4 is 40.9 Å². The molecular weight excluding hydrogens is 422 g/mol. The van der Waals surface area contributed by atoms with Gasteiger partial charge in [0.25, 0.3) is 0 Å². The van der Waals surface area contributed by atoms with Gasteiger partial charge in [0.05, 0.1) is 16.5 Å². The second-order valence-corrected chi connectivity index (χ2v) is 8.66. The summed E-state index contributed by atoms with van der Waals surface area (Å²) in [4.78, 5) is 32.0. The Bertz CT molecular complexity index is 918. The molecule has 2 aliphatic rings. The third-order valence-corrected chi connectivity index (χ3v) is 6.69. The average Bonchev–Trinajstić information content (AvgIpc) is 2.77. The zero-order valence-corrected chi connectivity index (χ0v) is 18.2. The smallest absolute Gasteiger partial charge is 0.242 e. The zero-order chi connectivity index (χ0) is 20.9.